The first kappa shape index (κ1) is 30.7. The summed E-state index contributed by atoms with van der Waals surface area (Å²) >= 11 is 0. The van der Waals surface area contributed by atoms with E-state index in [1.54, 1.807) is 60.7 Å². The maximum absolute atomic E-state index is 13.5. The van der Waals surface area contributed by atoms with Crippen LogP contribution in [-0.4, -0.2) is 46.7 Å². The number of nitrogens with one attached hydrogen (secondary N) is 2. The summed E-state index contributed by atoms with van der Waals surface area (Å²) in [6, 6.07) is 24.6. The molecule has 4 aromatic rings. The molecule has 0 aliphatic rings. The first-order valence-corrected chi connectivity index (χ1v) is 14.4. The van der Waals surface area contributed by atoms with Crippen molar-refractivity contribution in [2.45, 2.75) is 11.8 Å². The molecule has 0 spiro atoms. The summed E-state index contributed by atoms with van der Waals surface area (Å²) in [5.74, 6) is -0.650. The minimum atomic E-state index is -4.14. The van der Waals surface area contributed by atoms with Crippen LogP contribution >= 0.6 is 0 Å². The standard InChI is InChI=1S/C31H29FN4O6S/c1-22-7-17-27(18-8-22)43(39,40)36(25-13-11-24(32)12-14-25)20-30(37)35-33-19-23-9-15-26(16-10-23)42-21-31(38)34-28-5-3-4-6-29(28)41-2/h3-19H,20-21H2,1-2H3,(H,34,38)(H,35,37)/b33-19-. The molecule has 2 N–H and O–H groups in total. The Hall–Kier alpha value is -5.23. The van der Waals surface area contributed by atoms with E-state index in [2.05, 4.69) is 15.8 Å². The lowest BCUT2D eigenvalue weighted by Crippen LogP contribution is -2.39. The van der Waals surface area contributed by atoms with Crippen LogP contribution in [0.3, 0.4) is 0 Å². The van der Waals surface area contributed by atoms with Gasteiger partial charge in [0.05, 0.1) is 29.6 Å². The molecule has 10 nitrogen and oxygen atoms in total. The predicted molar refractivity (Wildman–Crippen MR) is 161 cm³/mol. The van der Waals surface area contributed by atoms with Crippen molar-refractivity contribution in [3.05, 3.63) is 114 Å². The van der Waals surface area contributed by atoms with Gasteiger partial charge in [0.25, 0.3) is 21.8 Å². The minimum absolute atomic E-state index is 0.0155. The van der Waals surface area contributed by atoms with Crippen molar-refractivity contribution in [2.24, 2.45) is 5.10 Å². The number of anilines is 2. The number of ether oxygens (including phenoxy) is 2. The summed E-state index contributed by atoms with van der Waals surface area (Å²) in [5, 5.41) is 6.63. The lowest BCUT2D eigenvalue weighted by molar-refractivity contribution is -0.119. The van der Waals surface area contributed by atoms with Crippen molar-refractivity contribution in [3.8, 4) is 11.5 Å². The summed E-state index contributed by atoms with van der Waals surface area (Å²) in [7, 11) is -2.63. The lowest BCUT2D eigenvalue weighted by atomic mass is 10.2. The van der Waals surface area contributed by atoms with E-state index in [1.807, 2.05) is 6.92 Å². The molecule has 0 heterocycles. The molecule has 0 bridgehead atoms. The number of nitrogens with zero attached hydrogens (tertiary/aromatic N) is 2. The van der Waals surface area contributed by atoms with Crippen molar-refractivity contribution < 1.29 is 31.9 Å². The Bertz CT molecular complexity index is 1690. The van der Waals surface area contributed by atoms with Gasteiger partial charge in [-0.1, -0.05) is 29.8 Å². The zero-order valence-corrected chi connectivity index (χ0v) is 24.2. The predicted octanol–water partition coefficient (Wildman–Crippen LogP) is 4.51. The smallest absolute Gasteiger partial charge is 0.264 e. The number of hydrazone groups is 1. The van der Waals surface area contributed by atoms with E-state index < -0.39 is 28.3 Å². The second-order valence-electron chi connectivity index (χ2n) is 9.20. The van der Waals surface area contributed by atoms with Crippen LogP contribution in [0.15, 0.2) is 107 Å². The molecule has 0 aliphatic carbocycles. The van der Waals surface area contributed by atoms with Crippen molar-refractivity contribution in [1.82, 2.24) is 5.43 Å². The van der Waals surface area contributed by atoms with Gasteiger partial charge >= 0.3 is 0 Å². The molecule has 0 fully saturated rings. The van der Waals surface area contributed by atoms with Crippen molar-refractivity contribution in [2.75, 3.05) is 29.9 Å². The Labute approximate surface area is 248 Å². The second-order valence-corrected chi connectivity index (χ2v) is 11.1. The number of carbonyl (C=O) groups excluding carboxylic acids is 2. The van der Waals surface area contributed by atoms with Gasteiger partial charge in [0.1, 0.15) is 23.9 Å². The van der Waals surface area contributed by atoms with Crippen molar-refractivity contribution >= 4 is 39.4 Å². The molecule has 2 amide bonds. The average Bonchev–Trinajstić information content (AvgIpc) is 3.00. The molecule has 4 rings (SSSR count). The molecule has 0 radical (unpaired) electrons. The van der Waals surface area contributed by atoms with Gasteiger partial charge in [0.15, 0.2) is 6.61 Å². The van der Waals surface area contributed by atoms with Crippen molar-refractivity contribution in [1.29, 1.82) is 0 Å². The summed E-state index contributed by atoms with van der Waals surface area (Å²) in [6.45, 7) is 1.00. The van der Waals surface area contributed by atoms with E-state index in [-0.39, 0.29) is 23.1 Å². The lowest BCUT2D eigenvalue weighted by Gasteiger charge is -2.23. The number of benzene rings is 4. The number of methoxy groups -OCH3 is 1. The number of sulfonamides is 1. The first-order valence-electron chi connectivity index (χ1n) is 13.0. The fourth-order valence-electron chi connectivity index (χ4n) is 3.84. The van der Waals surface area contributed by atoms with Gasteiger partial charge in [-0.15, -0.1) is 0 Å². The zero-order valence-electron chi connectivity index (χ0n) is 23.4. The van der Waals surface area contributed by atoms with E-state index in [1.165, 1.54) is 37.6 Å². The molecular weight excluding hydrogens is 575 g/mol. The van der Waals surface area contributed by atoms with Gasteiger partial charge in [-0.3, -0.25) is 13.9 Å². The number of rotatable bonds is 12. The molecule has 43 heavy (non-hydrogen) atoms. The highest BCUT2D eigenvalue weighted by atomic mass is 32.2. The molecule has 12 heteroatoms. The fraction of sp³-hybridized carbons (Fsp3) is 0.129. The maximum Gasteiger partial charge on any atom is 0.264 e. The Balaban J connectivity index is 1.34. The van der Waals surface area contributed by atoms with Crippen LogP contribution in [0.1, 0.15) is 11.1 Å². The normalized spacial score (nSPS) is 11.1. The quantitative estimate of drug-likeness (QED) is 0.181. The largest absolute Gasteiger partial charge is 0.495 e. The number of hydrogen-bond acceptors (Lipinski definition) is 7. The molecule has 4 aromatic carbocycles. The Morgan fingerprint density at radius 3 is 2.26 bits per heavy atom. The van der Waals surface area contributed by atoms with E-state index in [4.69, 9.17) is 9.47 Å². The second kappa shape index (κ2) is 14.1. The summed E-state index contributed by atoms with van der Waals surface area (Å²) in [5.41, 5.74) is 4.44. The number of aryl methyl sites for hydroxylation is 1. The number of para-hydroxylation sites is 2. The van der Waals surface area contributed by atoms with Gasteiger partial charge in [-0.05, 0) is 85.3 Å². The van der Waals surface area contributed by atoms with E-state index >= 15 is 0 Å². The molecule has 0 aliphatic heterocycles. The number of halogens is 1. The third-order valence-corrected chi connectivity index (χ3v) is 7.83. The number of carbonyl (C=O) groups is 2. The topological polar surface area (TPSA) is 126 Å². The Morgan fingerprint density at radius 2 is 1.58 bits per heavy atom. The molecule has 0 atom stereocenters. The highest BCUT2D eigenvalue weighted by Crippen LogP contribution is 2.25. The summed E-state index contributed by atoms with van der Waals surface area (Å²) in [6.07, 6.45) is 1.37. The molecule has 0 aromatic heterocycles. The molecule has 0 saturated carbocycles. The zero-order chi connectivity index (χ0) is 30.8. The number of hydrogen-bond donors (Lipinski definition) is 2. The van der Waals surface area contributed by atoms with Gasteiger partial charge in [0.2, 0.25) is 0 Å². The van der Waals surface area contributed by atoms with Gasteiger partial charge in [-0.2, -0.15) is 5.10 Å². The molecule has 0 unspecified atom stereocenters. The van der Waals surface area contributed by atoms with Crippen LogP contribution in [0.5, 0.6) is 11.5 Å². The van der Waals surface area contributed by atoms with Crippen LogP contribution in [-0.2, 0) is 19.6 Å². The minimum Gasteiger partial charge on any atom is -0.495 e. The van der Waals surface area contributed by atoms with Crippen LogP contribution in [0.2, 0.25) is 0 Å². The first-order chi connectivity index (χ1) is 20.7. The highest BCUT2D eigenvalue weighted by molar-refractivity contribution is 7.92. The number of amides is 2. The van der Waals surface area contributed by atoms with E-state index in [0.29, 0.717) is 22.7 Å². The van der Waals surface area contributed by atoms with E-state index in [0.717, 1.165) is 22.0 Å². The highest BCUT2D eigenvalue weighted by Gasteiger charge is 2.27. The van der Waals surface area contributed by atoms with Crippen LogP contribution in [0, 0.1) is 12.7 Å². The maximum atomic E-state index is 13.5. The molecule has 0 saturated heterocycles. The molecule has 222 valence electrons. The monoisotopic (exact) mass is 604 g/mol. The Morgan fingerprint density at radius 1 is 0.907 bits per heavy atom. The summed E-state index contributed by atoms with van der Waals surface area (Å²) < 4.78 is 51.9. The SMILES string of the molecule is COc1ccccc1NC(=O)COc1ccc(/C=N\NC(=O)CN(c2ccc(F)cc2)S(=O)(=O)c2ccc(C)cc2)cc1. The Kier molecular flexibility index (Phi) is 10.1. The molecular formula is C31H29FN4O6S. The fourth-order valence-corrected chi connectivity index (χ4v) is 5.26. The van der Waals surface area contributed by atoms with Crippen LogP contribution in [0.4, 0.5) is 15.8 Å². The third kappa shape index (κ3) is 8.39. The van der Waals surface area contributed by atoms with Gasteiger partial charge in [-0.25, -0.2) is 18.2 Å². The van der Waals surface area contributed by atoms with Gasteiger partial charge in [0, 0.05) is 0 Å². The van der Waals surface area contributed by atoms with Crippen molar-refractivity contribution in [3.63, 3.8) is 0 Å². The van der Waals surface area contributed by atoms with Crippen LogP contribution < -0.4 is 24.5 Å². The van der Waals surface area contributed by atoms with Gasteiger partial charge < -0.3 is 14.8 Å². The average molecular weight is 605 g/mol. The third-order valence-electron chi connectivity index (χ3n) is 6.04. The summed E-state index contributed by atoms with van der Waals surface area (Å²) in [4.78, 5) is 25.0. The van der Waals surface area contributed by atoms with E-state index in [9.17, 15) is 22.4 Å². The van der Waals surface area contributed by atoms with Crippen LogP contribution in [0.25, 0.3) is 0 Å².